The maximum Gasteiger partial charge on any atom is 0.0738 e. The van der Waals surface area contributed by atoms with Gasteiger partial charge in [0.1, 0.15) is 0 Å². The number of nitrogens with one attached hydrogen (secondary N) is 1. The van der Waals surface area contributed by atoms with Crippen molar-refractivity contribution in [3.8, 4) is 0 Å². The van der Waals surface area contributed by atoms with Crippen LogP contribution in [0.4, 0.5) is 0 Å². The summed E-state index contributed by atoms with van der Waals surface area (Å²) in [5, 5.41) is 9.45. The van der Waals surface area contributed by atoms with Gasteiger partial charge in [-0.05, 0) is 0 Å². The summed E-state index contributed by atoms with van der Waals surface area (Å²) in [4.78, 5) is 0. The molecule has 0 aliphatic rings. The SMILES string of the molecule is CN(C)NCc1cnnn1C. The Morgan fingerprint density at radius 3 is 2.82 bits per heavy atom. The molecule has 0 fully saturated rings. The van der Waals surface area contributed by atoms with E-state index in [-0.39, 0.29) is 0 Å². The number of hydrogen-bond donors (Lipinski definition) is 1. The van der Waals surface area contributed by atoms with Crippen LogP contribution in [0.1, 0.15) is 5.69 Å². The highest BCUT2D eigenvalue weighted by Crippen LogP contribution is 1.91. The highest BCUT2D eigenvalue weighted by Gasteiger charge is 1.97. The molecule has 0 aromatic carbocycles. The summed E-state index contributed by atoms with van der Waals surface area (Å²) >= 11 is 0. The van der Waals surface area contributed by atoms with Gasteiger partial charge in [-0.15, -0.1) is 5.10 Å². The zero-order chi connectivity index (χ0) is 8.27. The topological polar surface area (TPSA) is 46.0 Å². The fraction of sp³-hybridized carbons (Fsp3) is 0.667. The number of rotatable bonds is 3. The summed E-state index contributed by atoms with van der Waals surface area (Å²) in [6.45, 7) is 0.760. The maximum absolute atomic E-state index is 3.80. The van der Waals surface area contributed by atoms with Crippen molar-refractivity contribution in [1.29, 1.82) is 0 Å². The molecule has 0 aliphatic heterocycles. The van der Waals surface area contributed by atoms with Crippen molar-refractivity contribution in [1.82, 2.24) is 25.4 Å². The molecule has 11 heavy (non-hydrogen) atoms. The lowest BCUT2D eigenvalue weighted by Gasteiger charge is -2.10. The Morgan fingerprint density at radius 2 is 2.36 bits per heavy atom. The quantitative estimate of drug-likeness (QED) is 0.591. The third kappa shape index (κ3) is 2.28. The van der Waals surface area contributed by atoms with E-state index in [1.165, 1.54) is 0 Å². The summed E-state index contributed by atoms with van der Waals surface area (Å²) in [6.07, 6.45) is 1.75. The maximum atomic E-state index is 3.80. The van der Waals surface area contributed by atoms with Crippen LogP contribution < -0.4 is 5.43 Å². The monoisotopic (exact) mass is 155 g/mol. The lowest BCUT2D eigenvalue weighted by Crippen LogP contribution is -2.30. The van der Waals surface area contributed by atoms with Gasteiger partial charge in [0.25, 0.3) is 0 Å². The van der Waals surface area contributed by atoms with E-state index < -0.39 is 0 Å². The van der Waals surface area contributed by atoms with Crippen molar-refractivity contribution in [2.75, 3.05) is 14.1 Å². The van der Waals surface area contributed by atoms with E-state index in [9.17, 15) is 0 Å². The Balaban J connectivity index is 2.44. The molecule has 0 bridgehead atoms. The van der Waals surface area contributed by atoms with Crippen molar-refractivity contribution in [3.63, 3.8) is 0 Å². The number of hydrazine groups is 1. The summed E-state index contributed by atoms with van der Waals surface area (Å²) in [5.41, 5.74) is 4.19. The first kappa shape index (κ1) is 8.16. The molecule has 0 radical (unpaired) electrons. The predicted octanol–water partition coefficient (Wildman–Crippen LogP) is -0.619. The van der Waals surface area contributed by atoms with Gasteiger partial charge in [0.15, 0.2) is 0 Å². The van der Waals surface area contributed by atoms with Crippen LogP contribution in [-0.2, 0) is 13.6 Å². The fourth-order valence-electron chi connectivity index (χ4n) is 0.710. The Bertz CT molecular complexity index is 217. The van der Waals surface area contributed by atoms with Gasteiger partial charge in [0, 0.05) is 21.1 Å². The summed E-state index contributed by atoms with van der Waals surface area (Å²) in [5.74, 6) is 0. The van der Waals surface area contributed by atoms with Crippen molar-refractivity contribution >= 4 is 0 Å². The Hall–Kier alpha value is -0.940. The minimum atomic E-state index is 0.760. The van der Waals surface area contributed by atoms with E-state index >= 15 is 0 Å². The molecule has 1 aromatic heterocycles. The molecule has 1 heterocycles. The molecule has 1 rings (SSSR count). The Kier molecular flexibility index (Phi) is 2.56. The molecule has 0 saturated carbocycles. The van der Waals surface area contributed by atoms with Crippen LogP contribution in [0.25, 0.3) is 0 Å². The van der Waals surface area contributed by atoms with Crippen LogP contribution in [0.5, 0.6) is 0 Å². The van der Waals surface area contributed by atoms with Crippen LogP contribution >= 0.6 is 0 Å². The van der Waals surface area contributed by atoms with Gasteiger partial charge in [-0.25, -0.2) is 5.43 Å². The molecule has 1 aromatic rings. The first-order chi connectivity index (χ1) is 5.20. The minimum Gasteiger partial charge on any atom is -0.251 e. The molecule has 0 atom stereocenters. The van der Waals surface area contributed by atoms with Crippen molar-refractivity contribution in [2.24, 2.45) is 7.05 Å². The minimum absolute atomic E-state index is 0.760. The van der Waals surface area contributed by atoms with E-state index in [0.29, 0.717) is 0 Å². The summed E-state index contributed by atoms with van der Waals surface area (Å²) in [7, 11) is 5.77. The van der Waals surface area contributed by atoms with E-state index in [1.54, 1.807) is 10.9 Å². The van der Waals surface area contributed by atoms with E-state index in [0.717, 1.165) is 12.2 Å². The average molecular weight is 155 g/mol. The second-order valence-electron chi connectivity index (χ2n) is 2.58. The molecule has 0 unspecified atom stereocenters. The van der Waals surface area contributed by atoms with E-state index in [4.69, 9.17) is 0 Å². The third-order valence-electron chi connectivity index (χ3n) is 1.38. The van der Waals surface area contributed by atoms with Gasteiger partial charge in [0.2, 0.25) is 0 Å². The van der Waals surface area contributed by atoms with E-state index in [2.05, 4.69) is 15.7 Å². The van der Waals surface area contributed by atoms with Crippen LogP contribution in [0.3, 0.4) is 0 Å². The molecule has 5 nitrogen and oxygen atoms in total. The largest absolute Gasteiger partial charge is 0.251 e. The molecule has 1 N–H and O–H groups in total. The van der Waals surface area contributed by atoms with Gasteiger partial charge < -0.3 is 0 Å². The highest BCUT2D eigenvalue weighted by atomic mass is 15.5. The Labute approximate surface area is 66.0 Å². The van der Waals surface area contributed by atoms with Gasteiger partial charge in [-0.1, -0.05) is 5.21 Å². The third-order valence-corrected chi connectivity index (χ3v) is 1.38. The fourth-order valence-corrected chi connectivity index (χ4v) is 0.710. The lowest BCUT2D eigenvalue weighted by molar-refractivity contribution is 0.282. The second kappa shape index (κ2) is 3.45. The average Bonchev–Trinajstić information content (AvgIpc) is 2.31. The second-order valence-corrected chi connectivity index (χ2v) is 2.58. The molecule has 0 aliphatic carbocycles. The normalized spacial score (nSPS) is 10.9. The van der Waals surface area contributed by atoms with Crippen LogP contribution in [0.15, 0.2) is 6.20 Å². The summed E-state index contributed by atoms with van der Waals surface area (Å²) < 4.78 is 1.75. The smallest absolute Gasteiger partial charge is 0.0738 e. The molecule has 5 heteroatoms. The van der Waals surface area contributed by atoms with Gasteiger partial charge in [-0.3, -0.25) is 9.69 Å². The highest BCUT2D eigenvalue weighted by molar-refractivity contribution is 4.91. The first-order valence-electron chi connectivity index (χ1n) is 3.44. The van der Waals surface area contributed by atoms with Crippen LogP contribution in [0, 0.1) is 0 Å². The van der Waals surface area contributed by atoms with Crippen LogP contribution in [0.2, 0.25) is 0 Å². The molecule has 0 saturated heterocycles. The molecule has 62 valence electrons. The number of aryl methyl sites for hydroxylation is 1. The van der Waals surface area contributed by atoms with Crippen LogP contribution in [-0.4, -0.2) is 34.1 Å². The Morgan fingerprint density at radius 1 is 1.64 bits per heavy atom. The predicted molar refractivity (Wildman–Crippen MR) is 41.5 cm³/mol. The van der Waals surface area contributed by atoms with Crippen molar-refractivity contribution in [2.45, 2.75) is 6.54 Å². The lowest BCUT2D eigenvalue weighted by atomic mass is 10.5. The molecule has 0 amide bonds. The zero-order valence-electron chi connectivity index (χ0n) is 7.07. The van der Waals surface area contributed by atoms with Gasteiger partial charge in [-0.2, -0.15) is 0 Å². The number of aromatic nitrogens is 3. The van der Waals surface area contributed by atoms with Crippen molar-refractivity contribution in [3.05, 3.63) is 11.9 Å². The number of nitrogens with zero attached hydrogens (tertiary/aromatic N) is 4. The van der Waals surface area contributed by atoms with E-state index in [1.807, 2.05) is 26.2 Å². The zero-order valence-corrected chi connectivity index (χ0v) is 7.07. The number of hydrogen-bond acceptors (Lipinski definition) is 4. The van der Waals surface area contributed by atoms with Gasteiger partial charge >= 0.3 is 0 Å². The van der Waals surface area contributed by atoms with Gasteiger partial charge in [0.05, 0.1) is 18.4 Å². The molecular formula is C6H13N5. The molecular weight excluding hydrogens is 142 g/mol. The standard InChI is InChI=1S/C6H13N5/c1-10(2)8-5-6-4-7-9-11(6)3/h4,8H,5H2,1-3H3. The summed E-state index contributed by atoms with van der Waals surface area (Å²) in [6, 6.07) is 0. The van der Waals surface area contributed by atoms with Crippen molar-refractivity contribution < 1.29 is 0 Å². The molecule has 0 spiro atoms. The first-order valence-corrected chi connectivity index (χ1v) is 3.44.